The maximum Gasteiger partial charge on any atom is 0.119 e. The molecule has 0 amide bonds. The van der Waals surface area contributed by atoms with Crippen LogP contribution in [-0.4, -0.2) is 13.2 Å². The van der Waals surface area contributed by atoms with Crippen LogP contribution in [0.5, 0.6) is 11.5 Å². The lowest BCUT2D eigenvalue weighted by Gasteiger charge is -2.26. The molecule has 0 radical (unpaired) electrons. The normalized spacial score (nSPS) is 10.8. The Morgan fingerprint density at radius 1 is 0.513 bits per heavy atom. The van der Waals surface area contributed by atoms with Gasteiger partial charge in [-0.05, 0) is 79.1 Å². The molecule has 0 atom stereocenters. The number of benzene rings is 3. The molecule has 0 aliphatic heterocycles. The summed E-state index contributed by atoms with van der Waals surface area (Å²) in [6.07, 6.45) is 17.1. The quantitative estimate of drug-likeness (QED) is 0.136. The van der Waals surface area contributed by atoms with Gasteiger partial charge in [0.2, 0.25) is 0 Å². The zero-order chi connectivity index (χ0) is 27.5. The summed E-state index contributed by atoms with van der Waals surface area (Å²) in [4.78, 5) is 2.27. The van der Waals surface area contributed by atoms with E-state index in [1.54, 1.807) is 0 Å². The number of anilines is 3. The molecule has 0 saturated carbocycles. The van der Waals surface area contributed by atoms with Gasteiger partial charge in [0.05, 0.1) is 13.2 Å². The standard InChI is InChI=1S/C36H49NO2/c1-4-7-9-11-13-15-29-38-35-25-21-33(22-26-35)37(32-19-17-31(6-3)18-20-32)34-23-27-36(28-24-34)39-30-16-14-12-10-8-5-2/h6,17-28H,3-5,7-16,29-30H2,1-2H3. The number of ether oxygens (including phenoxy) is 2. The number of unbranched alkanes of at least 4 members (excludes halogenated alkanes) is 10. The third-order valence-electron chi connectivity index (χ3n) is 7.11. The molecule has 3 heteroatoms. The second-order valence-corrected chi connectivity index (χ2v) is 10.4. The Balaban J connectivity index is 1.63. The highest BCUT2D eigenvalue weighted by Crippen LogP contribution is 2.36. The molecule has 0 aliphatic rings. The third-order valence-corrected chi connectivity index (χ3v) is 7.11. The van der Waals surface area contributed by atoms with Crippen molar-refractivity contribution < 1.29 is 9.47 Å². The van der Waals surface area contributed by atoms with E-state index in [4.69, 9.17) is 9.47 Å². The minimum Gasteiger partial charge on any atom is -0.494 e. The fraction of sp³-hybridized carbons (Fsp3) is 0.444. The Morgan fingerprint density at radius 3 is 1.26 bits per heavy atom. The van der Waals surface area contributed by atoms with E-state index in [2.05, 4.69) is 98.1 Å². The number of hydrogen-bond donors (Lipinski definition) is 0. The summed E-state index contributed by atoms with van der Waals surface area (Å²) in [5.41, 5.74) is 4.39. The second-order valence-electron chi connectivity index (χ2n) is 10.4. The highest BCUT2D eigenvalue weighted by molar-refractivity contribution is 5.77. The highest BCUT2D eigenvalue weighted by Gasteiger charge is 2.13. The van der Waals surface area contributed by atoms with Gasteiger partial charge in [0.1, 0.15) is 11.5 Å². The Morgan fingerprint density at radius 2 is 0.872 bits per heavy atom. The van der Waals surface area contributed by atoms with E-state index in [1.807, 2.05) is 6.08 Å². The molecule has 3 nitrogen and oxygen atoms in total. The van der Waals surface area contributed by atoms with Gasteiger partial charge in [0.25, 0.3) is 0 Å². The minimum absolute atomic E-state index is 0.776. The molecular weight excluding hydrogens is 478 g/mol. The van der Waals surface area contributed by atoms with Crippen LogP contribution in [0.3, 0.4) is 0 Å². The summed E-state index contributed by atoms with van der Waals surface area (Å²) in [6, 6.07) is 25.4. The molecule has 0 N–H and O–H groups in total. The van der Waals surface area contributed by atoms with E-state index >= 15 is 0 Å². The van der Waals surface area contributed by atoms with Crippen LogP contribution in [0.2, 0.25) is 0 Å². The van der Waals surface area contributed by atoms with Crippen molar-refractivity contribution >= 4 is 23.1 Å². The number of nitrogens with zero attached hydrogens (tertiary/aromatic N) is 1. The van der Waals surface area contributed by atoms with Crippen molar-refractivity contribution in [2.45, 2.75) is 90.9 Å². The minimum atomic E-state index is 0.776. The lowest BCUT2D eigenvalue weighted by molar-refractivity contribution is 0.304. The maximum absolute atomic E-state index is 6.03. The van der Waals surface area contributed by atoms with Gasteiger partial charge in [0, 0.05) is 17.1 Å². The van der Waals surface area contributed by atoms with Crippen molar-refractivity contribution in [2.24, 2.45) is 0 Å². The Labute approximate surface area is 237 Å². The van der Waals surface area contributed by atoms with Crippen molar-refractivity contribution in [3.8, 4) is 11.5 Å². The van der Waals surface area contributed by atoms with Gasteiger partial charge in [-0.15, -0.1) is 0 Å². The molecule has 0 heterocycles. The molecule has 0 aromatic heterocycles. The molecular formula is C36H49NO2. The van der Waals surface area contributed by atoms with Gasteiger partial charge < -0.3 is 14.4 Å². The summed E-state index contributed by atoms with van der Waals surface area (Å²) < 4.78 is 12.1. The molecule has 0 spiro atoms. The van der Waals surface area contributed by atoms with Gasteiger partial charge in [-0.25, -0.2) is 0 Å². The largest absolute Gasteiger partial charge is 0.494 e. The molecule has 0 bridgehead atoms. The number of hydrogen-bond acceptors (Lipinski definition) is 3. The SMILES string of the molecule is C=Cc1ccc(N(c2ccc(OCCCCCCCC)cc2)c2ccc(OCCCCCCCC)cc2)cc1. The van der Waals surface area contributed by atoms with Crippen molar-refractivity contribution in [3.05, 3.63) is 84.9 Å². The van der Waals surface area contributed by atoms with Gasteiger partial charge in [0.15, 0.2) is 0 Å². The third kappa shape index (κ3) is 10.8. The summed E-state index contributed by atoms with van der Waals surface area (Å²) in [6.45, 7) is 9.96. The van der Waals surface area contributed by atoms with Crippen LogP contribution in [-0.2, 0) is 0 Å². The van der Waals surface area contributed by atoms with Crippen molar-refractivity contribution in [3.63, 3.8) is 0 Å². The predicted octanol–water partition coefficient (Wildman–Crippen LogP) is 11.3. The Kier molecular flexibility index (Phi) is 14.1. The summed E-state index contributed by atoms with van der Waals surface area (Å²) >= 11 is 0. The number of rotatable bonds is 20. The molecule has 210 valence electrons. The Hall–Kier alpha value is -3.20. The van der Waals surface area contributed by atoms with Crippen LogP contribution < -0.4 is 14.4 Å². The van der Waals surface area contributed by atoms with Crippen LogP contribution in [0, 0.1) is 0 Å². The van der Waals surface area contributed by atoms with Crippen molar-refractivity contribution in [1.29, 1.82) is 0 Å². The Bertz CT molecular complexity index is 979. The summed E-state index contributed by atoms with van der Waals surface area (Å²) in [5, 5.41) is 0. The summed E-state index contributed by atoms with van der Waals surface area (Å²) in [7, 11) is 0. The topological polar surface area (TPSA) is 21.7 Å². The van der Waals surface area contributed by atoms with Gasteiger partial charge >= 0.3 is 0 Å². The van der Waals surface area contributed by atoms with Gasteiger partial charge in [-0.1, -0.05) is 103 Å². The monoisotopic (exact) mass is 527 g/mol. The summed E-state index contributed by atoms with van der Waals surface area (Å²) in [5.74, 6) is 1.85. The molecule has 0 saturated heterocycles. The molecule has 3 aromatic carbocycles. The smallest absolute Gasteiger partial charge is 0.119 e. The van der Waals surface area contributed by atoms with Gasteiger partial charge in [-0.2, -0.15) is 0 Å². The van der Waals surface area contributed by atoms with E-state index in [1.165, 1.54) is 64.2 Å². The van der Waals surface area contributed by atoms with Crippen LogP contribution in [0.25, 0.3) is 6.08 Å². The first-order chi connectivity index (χ1) is 19.2. The fourth-order valence-corrected chi connectivity index (χ4v) is 4.73. The predicted molar refractivity (Wildman–Crippen MR) is 169 cm³/mol. The van der Waals surface area contributed by atoms with Crippen LogP contribution in [0.15, 0.2) is 79.4 Å². The van der Waals surface area contributed by atoms with Crippen LogP contribution in [0.4, 0.5) is 17.1 Å². The molecule has 0 fully saturated rings. The average Bonchev–Trinajstić information content (AvgIpc) is 2.98. The molecule has 3 rings (SSSR count). The highest BCUT2D eigenvalue weighted by atomic mass is 16.5. The van der Waals surface area contributed by atoms with E-state index in [9.17, 15) is 0 Å². The second kappa shape index (κ2) is 18.2. The lowest BCUT2D eigenvalue weighted by Crippen LogP contribution is -2.10. The zero-order valence-corrected chi connectivity index (χ0v) is 24.4. The first-order valence-corrected chi connectivity index (χ1v) is 15.2. The van der Waals surface area contributed by atoms with E-state index in [-0.39, 0.29) is 0 Å². The van der Waals surface area contributed by atoms with Crippen LogP contribution in [0.1, 0.15) is 96.5 Å². The zero-order valence-electron chi connectivity index (χ0n) is 24.4. The van der Waals surface area contributed by atoms with Crippen LogP contribution >= 0.6 is 0 Å². The lowest BCUT2D eigenvalue weighted by atomic mass is 10.1. The fourth-order valence-electron chi connectivity index (χ4n) is 4.73. The van der Waals surface area contributed by atoms with Crippen molar-refractivity contribution in [1.82, 2.24) is 0 Å². The molecule has 0 unspecified atom stereocenters. The molecule has 39 heavy (non-hydrogen) atoms. The van der Waals surface area contributed by atoms with Crippen molar-refractivity contribution in [2.75, 3.05) is 18.1 Å². The van der Waals surface area contributed by atoms with E-state index in [0.717, 1.165) is 60.2 Å². The molecule has 3 aromatic rings. The first kappa shape index (κ1) is 30.3. The van der Waals surface area contributed by atoms with E-state index < -0.39 is 0 Å². The molecule has 0 aliphatic carbocycles. The first-order valence-electron chi connectivity index (χ1n) is 15.2. The van der Waals surface area contributed by atoms with Gasteiger partial charge in [-0.3, -0.25) is 0 Å². The average molecular weight is 528 g/mol. The maximum atomic E-state index is 6.03. The van der Waals surface area contributed by atoms with E-state index in [0.29, 0.717) is 0 Å².